The summed E-state index contributed by atoms with van der Waals surface area (Å²) in [6, 6.07) is 13.8. The van der Waals surface area contributed by atoms with E-state index in [4.69, 9.17) is 11.6 Å². The molecule has 0 spiro atoms. The van der Waals surface area contributed by atoms with Gasteiger partial charge in [0.25, 0.3) is 0 Å². The lowest BCUT2D eigenvalue weighted by Gasteiger charge is -2.28. The third-order valence-electron chi connectivity index (χ3n) is 3.85. The zero-order valence-corrected chi connectivity index (χ0v) is 13.4. The Morgan fingerprint density at radius 1 is 1.22 bits per heavy atom. The van der Waals surface area contributed by atoms with Gasteiger partial charge in [0.1, 0.15) is 5.82 Å². The summed E-state index contributed by atoms with van der Waals surface area (Å²) in [6.45, 7) is 2.19. The summed E-state index contributed by atoms with van der Waals surface area (Å²) in [5.41, 5.74) is 1.98. The van der Waals surface area contributed by atoms with Crippen molar-refractivity contribution < 1.29 is 9.18 Å². The molecule has 0 fully saturated rings. The Kier molecular flexibility index (Phi) is 4.44. The molecule has 1 aliphatic heterocycles. The van der Waals surface area contributed by atoms with Gasteiger partial charge in [-0.3, -0.25) is 4.79 Å². The van der Waals surface area contributed by atoms with Gasteiger partial charge in [0.15, 0.2) is 0 Å². The average molecular weight is 331 g/mol. The van der Waals surface area contributed by atoms with Crippen molar-refractivity contribution in [2.45, 2.75) is 19.9 Å². The van der Waals surface area contributed by atoms with E-state index < -0.39 is 0 Å². The van der Waals surface area contributed by atoms with E-state index in [9.17, 15) is 9.18 Å². The zero-order valence-electron chi connectivity index (χ0n) is 12.7. The fourth-order valence-electron chi connectivity index (χ4n) is 2.60. The molecule has 1 amide bonds. The van der Waals surface area contributed by atoms with E-state index in [1.54, 1.807) is 30.3 Å². The maximum Gasteiger partial charge on any atom is 0.246 e. The van der Waals surface area contributed by atoms with Gasteiger partial charge in [-0.2, -0.15) is 5.10 Å². The van der Waals surface area contributed by atoms with Crippen molar-refractivity contribution in [1.29, 1.82) is 0 Å². The number of halogens is 2. The molecule has 2 aromatic rings. The van der Waals surface area contributed by atoms with E-state index in [0.717, 1.165) is 5.56 Å². The quantitative estimate of drug-likeness (QED) is 0.828. The molecule has 1 aliphatic rings. The maximum absolute atomic E-state index is 14.0. The molecule has 5 heteroatoms. The minimum Gasteiger partial charge on any atom is -0.273 e. The summed E-state index contributed by atoms with van der Waals surface area (Å²) in [7, 11) is 0. The second-order valence-corrected chi connectivity index (χ2v) is 6.09. The molecule has 1 heterocycles. The Bertz CT molecular complexity index is 758. The van der Waals surface area contributed by atoms with E-state index in [1.807, 2.05) is 19.1 Å². The molecule has 0 saturated heterocycles. The molecular weight excluding hydrogens is 315 g/mol. The Morgan fingerprint density at radius 3 is 2.61 bits per heavy atom. The van der Waals surface area contributed by atoms with Crippen LogP contribution in [0.1, 0.15) is 24.5 Å². The van der Waals surface area contributed by atoms with E-state index >= 15 is 0 Å². The van der Waals surface area contributed by atoms with Crippen LogP contribution < -0.4 is 0 Å². The first kappa shape index (κ1) is 15.7. The predicted octanol–water partition coefficient (Wildman–Crippen LogP) is 4.25. The monoisotopic (exact) mass is 330 g/mol. The Balaban J connectivity index is 1.91. The fraction of sp³-hybridized carbons (Fsp3) is 0.222. The van der Waals surface area contributed by atoms with Crippen molar-refractivity contribution in [3.8, 4) is 0 Å². The molecule has 3 nitrogen and oxygen atoms in total. The van der Waals surface area contributed by atoms with Crippen LogP contribution in [0, 0.1) is 11.7 Å². The highest BCUT2D eigenvalue weighted by Crippen LogP contribution is 2.23. The molecule has 118 valence electrons. The van der Waals surface area contributed by atoms with Crippen molar-refractivity contribution in [3.05, 3.63) is 70.5 Å². The minimum absolute atomic E-state index is 0.0555. The van der Waals surface area contributed by atoms with Gasteiger partial charge >= 0.3 is 0 Å². The van der Waals surface area contributed by atoms with Gasteiger partial charge in [0, 0.05) is 22.9 Å². The Morgan fingerprint density at radius 2 is 1.91 bits per heavy atom. The molecule has 3 rings (SSSR count). The summed E-state index contributed by atoms with van der Waals surface area (Å²) < 4.78 is 14.0. The van der Waals surface area contributed by atoms with E-state index in [0.29, 0.717) is 29.3 Å². The zero-order chi connectivity index (χ0) is 16.4. The molecule has 23 heavy (non-hydrogen) atoms. The van der Waals surface area contributed by atoms with Gasteiger partial charge < -0.3 is 0 Å². The maximum atomic E-state index is 14.0. The summed E-state index contributed by atoms with van der Waals surface area (Å²) in [5.74, 6) is -0.603. The lowest BCUT2D eigenvalue weighted by Crippen LogP contribution is -2.37. The topological polar surface area (TPSA) is 32.7 Å². The smallest absolute Gasteiger partial charge is 0.246 e. The molecule has 0 N–H and O–H groups in total. The van der Waals surface area contributed by atoms with E-state index in [-0.39, 0.29) is 17.6 Å². The largest absolute Gasteiger partial charge is 0.273 e. The van der Waals surface area contributed by atoms with Gasteiger partial charge in [0.05, 0.1) is 12.3 Å². The van der Waals surface area contributed by atoms with E-state index in [1.165, 1.54) is 11.1 Å². The number of hydrazone groups is 1. The molecule has 0 bridgehead atoms. The number of hydrogen-bond donors (Lipinski definition) is 0. The SMILES string of the molecule is CC1CC(c2ccccc2F)=NN(Cc2ccc(Cl)cc2)C1=O. The van der Waals surface area contributed by atoms with Crippen LogP contribution in [-0.2, 0) is 11.3 Å². The average Bonchev–Trinajstić information content (AvgIpc) is 2.54. The molecule has 0 aromatic heterocycles. The van der Waals surface area contributed by atoms with Crippen molar-refractivity contribution in [2.75, 3.05) is 0 Å². The number of benzene rings is 2. The van der Waals surface area contributed by atoms with Gasteiger partial charge in [-0.1, -0.05) is 48.9 Å². The summed E-state index contributed by atoms with van der Waals surface area (Å²) in [5, 5.41) is 6.45. The number of carbonyl (C=O) groups excluding carboxylic acids is 1. The fourth-order valence-corrected chi connectivity index (χ4v) is 2.73. The van der Waals surface area contributed by atoms with Crippen LogP contribution in [0.25, 0.3) is 0 Å². The van der Waals surface area contributed by atoms with Crippen molar-refractivity contribution in [2.24, 2.45) is 11.0 Å². The molecule has 0 saturated carbocycles. The highest BCUT2D eigenvalue weighted by Gasteiger charge is 2.29. The highest BCUT2D eigenvalue weighted by atomic mass is 35.5. The molecule has 1 unspecified atom stereocenters. The molecule has 0 radical (unpaired) electrons. The van der Waals surface area contributed by atoms with Crippen LogP contribution in [0.15, 0.2) is 53.6 Å². The van der Waals surface area contributed by atoms with Crippen LogP contribution in [-0.4, -0.2) is 16.6 Å². The lowest BCUT2D eigenvalue weighted by atomic mass is 9.96. The minimum atomic E-state index is -0.320. The molecule has 2 aromatic carbocycles. The van der Waals surface area contributed by atoms with Crippen molar-refractivity contribution >= 4 is 23.2 Å². The summed E-state index contributed by atoms with van der Waals surface area (Å²) >= 11 is 5.88. The highest BCUT2D eigenvalue weighted by molar-refractivity contribution is 6.30. The van der Waals surface area contributed by atoms with Crippen LogP contribution in [0.4, 0.5) is 4.39 Å². The number of carbonyl (C=O) groups is 1. The van der Waals surface area contributed by atoms with Gasteiger partial charge in [-0.05, 0) is 23.8 Å². The number of rotatable bonds is 3. The molecular formula is C18H16ClFN2O. The number of nitrogens with zero attached hydrogens (tertiary/aromatic N) is 2. The summed E-state index contributed by atoms with van der Waals surface area (Å²) in [4.78, 5) is 12.4. The second kappa shape index (κ2) is 6.50. The first-order valence-electron chi connectivity index (χ1n) is 7.43. The summed E-state index contributed by atoms with van der Waals surface area (Å²) in [6.07, 6.45) is 0.441. The second-order valence-electron chi connectivity index (χ2n) is 5.65. The lowest BCUT2D eigenvalue weighted by molar-refractivity contribution is -0.136. The van der Waals surface area contributed by atoms with Crippen molar-refractivity contribution in [3.63, 3.8) is 0 Å². The van der Waals surface area contributed by atoms with Crippen LogP contribution in [0.3, 0.4) is 0 Å². The van der Waals surface area contributed by atoms with E-state index in [2.05, 4.69) is 5.10 Å². The number of amides is 1. The first-order valence-corrected chi connectivity index (χ1v) is 7.80. The molecule has 1 atom stereocenters. The van der Waals surface area contributed by atoms with Gasteiger partial charge in [-0.15, -0.1) is 0 Å². The Labute approximate surface area is 139 Å². The normalized spacial score (nSPS) is 18.0. The number of hydrogen-bond acceptors (Lipinski definition) is 2. The molecule has 0 aliphatic carbocycles. The van der Waals surface area contributed by atoms with Gasteiger partial charge in [-0.25, -0.2) is 9.40 Å². The van der Waals surface area contributed by atoms with Crippen molar-refractivity contribution in [1.82, 2.24) is 5.01 Å². The Hall–Kier alpha value is -2.20. The van der Waals surface area contributed by atoms with Crippen LogP contribution in [0.2, 0.25) is 5.02 Å². The third kappa shape index (κ3) is 3.42. The standard InChI is InChI=1S/C18H16ClFN2O/c1-12-10-17(15-4-2-3-5-16(15)20)21-22(18(12)23)11-13-6-8-14(19)9-7-13/h2-9,12H,10-11H2,1H3. The van der Waals surface area contributed by atoms with Crippen LogP contribution in [0.5, 0.6) is 0 Å². The third-order valence-corrected chi connectivity index (χ3v) is 4.10. The predicted molar refractivity (Wildman–Crippen MR) is 88.7 cm³/mol. The first-order chi connectivity index (χ1) is 11.0. The van der Waals surface area contributed by atoms with Crippen LogP contribution >= 0.6 is 11.6 Å². The van der Waals surface area contributed by atoms with Gasteiger partial charge in [0.2, 0.25) is 5.91 Å².